The summed E-state index contributed by atoms with van der Waals surface area (Å²) in [6, 6.07) is 11.5. The maximum atomic E-state index is 5.79. The summed E-state index contributed by atoms with van der Waals surface area (Å²) in [6.07, 6.45) is 3.09. The lowest BCUT2D eigenvalue weighted by Gasteiger charge is -2.09. The number of unbranched alkanes of at least 4 members (excludes halogenated alkanes) is 2. The number of benzene rings is 2. The Morgan fingerprint density at radius 2 is 1.12 bits per heavy atom. The molecule has 2 aromatic rings. The number of halogens is 1. The van der Waals surface area contributed by atoms with Crippen LogP contribution in [0.3, 0.4) is 0 Å². The quantitative estimate of drug-likeness (QED) is 0.542. The molecule has 0 fully saturated rings. The molecular formula is C19H27ClN2O2. The van der Waals surface area contributed by atoms with Crippen LogP contribution < -0.4 is 20.9 Å². The highest BCUT2D eigenvalue weighted by molar-refractivity contribution is 5.85. The highest BCUT2D eigenvalue weighted by Crippen LogP contribution is 2.20. The van der Waals surface area contributed by atoms with Crippen LogP contribution in [0.15, 0.2) is 36.4 Å². The Morgan fingerprint density at radius 3 is 1.50 bits per heavy atom. The van der Waals surface area contributed by atoms with E-state index in [-0.39, 0.29) is 12.4 Å². The maximum Gasteiger partial charge on any atom is 0.119 e. The van der Waals surface area contributed by atoms with Crippen molar-refractivity contribution < 1.29 is 9.47 Å². The molecule has 0 saturated carbocycles. The fourth-order valence-electron chi connectivity index (χ4n) is 2.24. The zero-order valence-electron chi connectivity index (χ0n) is 14.4. The molecule has 0 heterocycles. The SMILES string of the molecule is Cc1cc(OCCCCCOc2ccc(N)c(C)c2)ccc1N.Cl. The molecule has 24 heavy (non-hydrogen) atoms. The van der Waals surface area contributed by atoms with Crippen molar-refractivity contribution in [1.29, 1.82) is 0 Å². The minimum Gasteiger partial charge on any atom is -0.494 e. The van der Waals surface area contributed by atoms with Gasteiger partial charge in [-0.2, -0.15) is 0 Å². The summed E-state index contributed by atoms with van der Waals surface area (Å²) in [5, 5.41) is 0. The molecule has 0 bridgehead atoms. The summed E-state index contributed by atoms with van der Waals surface area (Å²) in [5.74, 6) is 1.76. The number of rotatable bonds is 8. The van der Waals surface area contributed by atoms with E-state index in [0.717, 1.165) is 53.3 Å². The van der Waals surface area contributed by atoms with Gasteiger partial charge in [-0.25, -0.2) is 0 Å². The zero-order chi connectivity index (χ0) is 16.7. The fourth-order valence-corrected chi connectivity index (χ4v) is 2.24. The molecule has 0 aliphatic rings. The number of aryl methyl sites for hydroxylation is 2. The third kappa shape index (κ3) is 6.20. The van der Waals surface area contributed by atoms with Gasteiger partial charge >= 0.3 is 0 Å². The monoisotopic (exact) mass is 350 g/mol. The Labute approximate surface area is 150 Å². The van der Waals surface area contributed by atoms with Crippen molar-refractivity contribution >= 4 is 23.8 Å². The molecule has 0 aromatic heterocycles. The smallest absolute Gasteiger partial charge is 0.119 e. The Kier molecular flexibility index (Phi) is 8.27. The molecule has 0 unspecified atom stereocenters. The van der Waals surface area contributed by atoms with Crippen LogP contribution in [0.2, 0.25) is 0 Å². The number of hydrogen-bond acceptors (Lipinski definition) is 4. The lowest BCUT2D eigenvalue weighted by molar-refractivity contribution is 0.279. The van der Waals surface area contributed by atoms with Crippen molar-refractivity contribution in [2.45, 2.75) is 33.1 Å². The van der Waals surface area contributed by atoms with Crippen LogP contribution in [0.5, 0.6) is 11.5 Å². The van der Waals surface area contributed by atoms with Gasteiger partial charge in [-0.3, -0.25) is 0 Å². The normalized spacial score (nSPS) is 10.1. The minimum absolute atomic E-state index is 0. The van der Waals surface area contributed by atoms with E-state index in [0.29, 0.717) is 13.2 Å². The van der Waals surface area contributed by atoms with Crippen molar-refractivity contribution in [3.8, 4) is 11.5 Å². The van der Waals surface area contributed by atoms with E-state index in [1.165, 1.54) is 0 Å². The molecule has 0 aliphatic carbocycles. The zero-order valence-corrected chi connectivity index (χ0v) is 15.2. The second kappa shape index (κ2) is 9.93. The lowest BCUT2D eigenvalue weighted by atomic mass is 10.2. The van der Waals surface area contributed by atoms with Crippen molar-refractivity contribution in [2.24, 2.45) is 0 Å². The van der Waals surface area contributed by atoms with Crippen molar-refractivity contribution in [3.05, 3.63) is 47.5 Å². The van der Waals surface area contributed by atoms with E-state index in [9.17, 15) is 0 Å². The van der Waals surface area contributed by atoms with Gasteiger partial charge in [-0.15, -0.1) is 12.4 Å². The minimum atomic E-state index is 0. The summed E-state index contributed by atoms with van der Waals surface area (Å²) in [6.45, 7) is 5.39. The van der Waals surface area contributed by atoms with Crippen molar-refractivity contribution in [1.82, 2.24) is 0 Å². The fraction of sp³-hybridized carbons (Fsp3) is 0.368. The van der Waals surface area contributed by atoms with Gasteiger partial charge in [0.15, 0.2) is 0 Å². The molecule has 0 spiro atoms. The Balaban J connectivity index is 0.00000288. The molecule has 0 radical (unpaired) electrons. The number of nitrogens with two attached hydrogens (primary N) is 2. The third-order valence-electron chi connectivity index (χ3n) is 3.81. The summed E-state index contributed by atoms with van der Waals surface area (Å²) in [5.41, 5.74) is 15.3. The van der Waals surface area contributed by atoms with Crippen LogP contribution in [0, 0.1) is 13.8 Å². The van der Waals surface area contributed by atoms with E-state index in [2.05, 4.69) is 0 Å². The van der Waals surface area contributed by atoms with Crippen LogP contribution in [0.1, 0.15) is 30.4 Å². The Hall–Kier alpha value is -2.07. The standard InChI is InChI=1S/C19H26N2O2.ClH/c1-14-12-16(6-8-18(14)20)22-10-4-3-5-11-23-17-7-9-19(21)15(2)13-17;/h6-9,12-13H,3-5,10-11,20-21H2,1-2H3;1H. The largest absolute Gasteiger partial charge is 0.494 e. The van der Waals surface area contributed by atoms with E-state index in [1.54, 1.807) is 0 Å². The summed E-state index contributed by atoms with van der Waals surface area (Å²) >= 11 is 0. The first-order valence-electron chi connectivity index (χ1n) is 8.04. The summed E-state index contributed by atoms with van der Waals surface area (Å²) in [4.78, 5) is 0. The van der Waals surface area contributed by atoms with Crippen LogP contribution in [0.25, 0.3) is 0 Å². The predicted octanol–water partition coefficient (Wildman–Crippen LogP) is 4.52. The van der Waals surface area contributed by atoms with E-state index in [4.69, 9.17) is 20.9 Å². The maximum absolute atomic E-state index is 5.79. The topological polar surface area (TPSA) is 70.5 Å². The molecule has 132 valence electrons. The van der Waals surface area contributed by atoms with Crippen LogP contribution in [-0.2, 0) is 0 Å². The van der Waals surface area contributed by atoms with Gasteiger partial charge in [0.25, 0.3) is 0 Å². The van der Waals surface area contributed by atoms with Gasteiger partial charge in [0.2, 0.25) is 0 Å². The molecule has 2 aromatic carbocycles. The first-order chi connectivity index (χ1) is 11.1. The highest BCUT2D eigenvalue weighted by Gasteiger charge is 1.99. The predicted molar refractivity (Wildman–Crippen MR) is 103 cm³/mol. The Bertz CT molecular complexity index is 592. The molecule has 5 heteroatoms. The highest BCUT2D eigenvalue weighted by atomic mass is 35.5. The molecule has 0 saturated heterocycles. The number of ether oxygens (including phenoxy) is 2. The molecule has 2 rings (SSSR count). The van der Waals surface area contributed by atoms with Crippen molar-refractivity contribution in [2.75, 3.05) is 24.7 Å². The second-order valence-electron chi connectivity index (χ2n) is 5.79. The molecule has 0 aliphatic heterocycles. The average Bonchev–Trinajstić information content (AvgIpc) is 2.53. The van der Waals surface area contributed by atoms with E-state index < -0.39 is 0 Å². The van der Waals surface area contributed by atoms with E-state index >= 15 is 0 Å². The molecular weight excluding hydrogens is 324 g/mol. The number of nitrogen functional groups attached to an aromatic ring is 2. The second-order valence-corrected chi connectivity index (χ2v) is 5.79. The molecule has 4 N–H and O–H groups in total. The lowest BCUT2D eigenvalue weighted by Crippen LogP contribution is -2.02. The molecule has 4 nitrogen and oxygen atoms in total. The van der Waals surface area contributed by atoms with Crippen LogP contribution in [0.4, 0.5) is 11.4 Å². The van der Waals surface area contributed by atoms with Crippen LogP contribution >= 0.6 is 12.4 Å². The summed E-state index contributed by atoms with van der Waals surface area (Å²) < 4.78 is 11.5. The van der Waals surface area contributed by atoms with Gasteiger partial charge in [0, 0.05) is 11.4 Å². The van der Waals surface area contributed by atoms with Gasteiger partial charge < -0.3 is 20.9 Å². The van der Waals surface area contributed by atoms with Crippen molar-refractivity contribution in [3.63, 3.8) is 0 Å². The molecule has 0 atom stereocenters. The van der Waals surface area contributed by atoms with Crippen LogP contribution in [-0.4, -0.2) is 13.2 Å². The Morgan fingerprint density at radius 1 is 0.708 bits per heavy atom. The number of anilines is 2. The average molecular weight is 351 g/mol. The summed E-state index contributed by atoms with van der Waals surface area (Å²) in [7, 11) is 0. The number of hydrogen-bond donors (Lipinski definition) is 2. The van der Waals surface area contributed by atoms with E-state index in [1.807, 2.05) is 50.2 Å². The molecule has 0 amide bonds. The first-order valence-corrected chi connectivity index (χ1v) is 8.04. The van der Waals surface area contributed by atoms with Gasteiger partial charge in [-0.1, -0.05) is 0 Å². The van der Waals surface area contributed by atoms with Gasteiger partial charge in [-0.05, 0) is 80.6 Å². The third-order valence-corrected chi connectivity index (χ3v) is 3.81. The van der Waals surface area contributed by atoms with Gasteiger partial charge in [0.05, 0.1) is 13.2 Å². The van der Waals surface area contributed by atoms with Gasteiger partial charge in [0.1, 0.15) is 11.5 Å². The first kappa shape index (κ1) is 20.0.